The summed E-state index contributed by atoms with van der Waals surface area (Å²) in [6.45, 7) is 0. The van der Waals surface area contributed by atoms with E-state index in [2.05, 4.69) is 376 Å². The smallest absolute Gasteiger partial charge is 0.00135 e. The lowest BCUT2D eigenvalue weighted by Gasteiger charge is -2.19. The zero-order valence-corrected chi connectivity index (χ0v) is 56.2. The first-order valence-electron chi connectivity index (χ1n) is 35.3. The molecule has 99 heavy (non-hydrogen) atoms. The van der Waals surface area contributed by atoms with Crippen LogP contribution in [-0.4, -0.2) is 0 Å². The van der Waals surface area contributed by atoms with Crippen molar-refractivity contribution in [2.75, 3.05) is 0 Å². The molecule has 0 aromatic heterocycles. The molecule has 0 atom stereocenters. The maximum atomic E-state index is 2.27. The van der Waals surface area contributed by atoms with Crippen LogP contribution in [0.4, 0.5) is 0 Å². The van der Waals surface area contributed by atoms with Crippen LogP contribution in [0.25, 0.3) is 77.5 Å². The van der Waals surface area contributed by atoms with Gasteiger partial charge in [0.1, 0.15) is 0 Å². The lowest BCUT2D eigenvalue weighted by molar-refractivity contribution is 0.942. The van der Waals surface area contributed by atoms with Gasteiger partial charge < -0.3 is 0 Å². The van der Waals surface area contributed by atoms with Gasteiger partial charge in [0, 0.05) is 0 Å². The number of hydrogen-bond donors (Lipinski definition) is 0. The minimum atomic E-state index is 1.04. The second kappa shape index (κ2) is 30.6. The molecule has 0 heterocycles. The van der Waals surface area contributed by atoms with Gasteiger partial charge in [-0.3, -0.25) is 0 Å². The Bertz CT molecular complexity index is 5060. The first-order chi connectivity index (χ1) is 49.1. The Labute approximate surface area is 584 Å². The van der Waals surface area contributed by atoms with Crippen LogP contribution in [0.5, 0.6) is 0 Å². The molecular formula is C99H80. The highest BCUT2D eigenvalue weighted by molar-refractivity contribution is 6.07. The zero-order valence-electron chi connectivity index (χ0n) is 56.2. The standard InChI is InChI=1S/C15H14.C15H12.C14H12.C14H10.C14H12.C14H10.C13H10/c2*1-3-7-14-11-15-8-4-2-6-13(15)10-9-12(14)5-1;2*1-3-7-13-11(5-1)9-10-12-6-2-4-8-14(12)13;2*1-2-6-12-10-14-8-4-3-7-13(14)9-11(12)5-1;1-3-7-12-10(5-1)9-11-6-2-4-8-13(11)12/h1-8H,9-11H2;1-10H,11H2;1-8H,9-10H2;1-10H;1-8H,9-10H2;1-10H;1-8H,9H2. The summed E-state index contributed by atoms with van der Waals surface area (Å²) >= 11 is 0. The second-order valence-electron chi connectivity index (χ2n) is 26.4. The third kappa shape index (κ3) is 15.0. The lowest BCUT2D eigenvalue weighted by atomic mass is 9.86. The van der Waals surface area contributed by atoms with Gasteiger partial charge in [0.05, 0.1) is 0 Å². The number of aryl methyl sites for hydroxylation is 4. The third-order valence-corrected chi connectivity index (χ3v) is 20.2. The van der Waals surface area contributed by atoms with Crippen molar-refractivity contribution < 1.29 is 0 Å². The average molecular weight is 1270 g/mol. The fraction of sp³-hybridized carbons (Fsp3) is 0.0909. The first-order valence-corrected chi connectivity index (χ1v) is 35.3. The maximum Gasteiger partial charge on any atom is -0.00135 e. The molecule has 16 aromatic carbocycles. The summed E-state index contributed by atoms with van der Waals surface area (Å²) in [6.07, 6.45) is 14.6. The van der Waals surface area contributed by atoms with Crippen molar-refractivity contribution in [1.29, 1.82) is 0 Å². The summed E-state index contributed by atoms with van der Waals surface area (Å²) in [7, 11) is 0. The minimum Gasteiger partial charge on any atom is -0.0620 e. The van der Waals surface area contributed by atoms with Gasteiger partial charge in [-0.25, -0.2) is 0 Å². The summed E-state index contributed by atoms with van der Waals surface area (Å²) in [5, 5.41) is 10.5. The highest BCUT2D eigenvalue weighted by atomic mass is 14.2. The van der Waals surface area contributed by atoms with Crippen LogP contribution in [0.2, 0.25) is 0 Å². The number of fused-ring (bicyclic) bond motifs is 17. The molecule has 5 aliphatic rings. The normalized spacial score (nSPS) is 12.4. The average Bonchev–Trinajstić information content (AvgIpc) is 1.83. The van der Waals surface area contributed by atoms with E-state index in [-0.39, 0.29) is 0 Å². The second-order valence-corrected chi connectivity index (χ2v) is 26.4. The van der Waals surface area contributed by atoms with Gasteiger partial charge in [-0.05, 0) is 224 Å². The summed E-state index contributed by atoms with van der Waals surface area (Å²) in [6, 6.07) is 130. The Morgan fingerprint density at radius 3 is 0.707 bits per heavy atom. The molecule has 0 fully saturated rings. The fourth-order valence-electron chi connectivity index (χ4n) is 14.9. The van der Waals surface area contributed by atoms with Gasteiger partial charge in [0.2, 0.25) is 0 Å². The van der Waals surface area contributed by atoms with Crippen molar-refractivity contribution in [3.8, 4) is 22.3 Å². The van der Waals surface area contributed by atoms with E-state index in [1.165, 1.54) is 180 Å². The van der Waals surface area contributed by atoms with Crippen molar-refractivity contribution in [2.24, 2.45) is 0 Å². The molecule has 0 radical (unpaired) electrons. The van der Waals surface area contributed by atoms with E-state index in [1.54, 1.807) is 0 Å². The van der Waals surface area contributed by atoms with Crippen LogP contribution in [0.15, 0.2) is 364 Å². The molecular weight excluding hydrogens is 1190 g/mol. The molecule has 0 aliphatic heterocycles. The molecule has 16 aromatic rings. The van der Waals surface area contributed by atoms with Gasteiger partial charge in [-0.2, -0.15) is 0 Å². The van der Waals surface area contributed by atoms with Crippen LogP contribution < -0.4 is 0 Å². The Kier molecular flexibility index (Phi) is 19.6. The minimum absolute atomic E-state index is 1.04. The fourth-order valence-corrected chi connectivity index (χ4v) is 14.9. The van der Waals surface area contributed by atoms with Crippen molar-refractivity contribution >= 4 is 55.2 Å². The highest BCUT2D eigenvalue weighted by Gasteiger charge is 2.18. The van der Waals surface area contributed by atoms with E-state index >= 15 is 0 Å². The molecule has 0 saturated carbocycles. The molecule has 0 unspecified atom stereocenters. The van der Waals surface area contributed by atoms with E-state index in [0.717, 1.165) is 32.1 Å². The third-order valence-electron chi connectivity index (χ3n) is 20.2. The Balaban J connectivity index is 0.0000000941. The summed E-state index contributed by atoms with van der Waals surface area (Å²) in [5.74, 6) is 0. The Hall–Kier alpha value is -11.7. The number of benzene rings is 16. The van der Waals surface area contributed by atoms with Gasteiger partial charge in [-0.15, -0.1) is 0 Å². The van der Waals surface area contributed by atoms with Gasteiger partial charge in [-0.1, -0.05) is 364 Å². The molecule has 5 aliphatic carbocycles. The Morgan fingerprint density at radius 2 is 0.354 bits per heavy atom. The van der Waals surface area contributed by atoms with E-state index < -0.39 is 0 Å². The van der Waals surface area contributed by atoms with Crippen molar-refractivity contribution in [3.05, 3.63) is 453 Å². The van der Waals surface area contributed by atoms with Crippen molar-refractivity contribution in [1.82, 2.24) is 0 Å². The molecule has 476 valence electrons. The van der Waals surface area contributed by atoms with E-state index in [4.69, 9.17) is 0 Å². The molecule has 0 amide bonds. The highest BCUT2D eigenvalue weighted by Crippen LogP contribution is 2.37. The lowest BCUT2D eigenvalue weighted by Crippen LogP contribution is -2.06. The van der Waals surface area contributed by atoms with Crippen LogP contribution in [0.3, 0.4) is 0 Å². The molecule has 21 rings (SSSR count). The quantitative estimate of drug-likeness (QED) is 0.105. The SMILES string of the molecule is C1=Cc2ccccc2Cc2ccccc21.c1ccc2c(c1)CCc1ccccc1-2.c1ccc2c(c1)CCc1ccccc1C2.c1ccc2c(c1)Cc1ccccc1-2.c1ccc2c(c1)Cc1ccccc1C2.c1ccc2c(c1)ccc1ccccc12.c1ccc2cc3ccccc3cc2c1. The van der Waals surface area contributed by atoms with Crippen LogP contribution >= 0.6 is 0 Å². The van der Waals surface area contributed by atoms with Crippen LogP contribution in [0.1, 0.15) is 89.0 Å². The predicted octanol–water partition coefficient (Wildman–Crippen LogP) is 25.0. The van der Waals surface area contributed by atoms with Gasteiger partial charge in [0.25, 0.3) is 0 Å². The van der Waals surface area contributed by atoms with E-state index in [9.17, 15) is 0 Å². The molecule has 0 heteroatoms. The summed E-state index contributed by atoms with van der Waals surface area (Å²) in [5.41, 5.74) is 29.1. The molecule has 0 N–H and O–H groups in total. The van der Waals surface area contributed by atoms with Crippen LogP contribution in [-0.2, 0) is 57.8 Å². The van der Waals surface area contributed by atoms with Crippen LogP contribution in [0, 0.1) is 0 Å². The van der Waals surface area contributed by atoms with Crippen molar-refractivity contribution in [3.63, 3.8) is 0 Å². The molecule has 0 bridgehead atoms. The molecule has 0 saturated heterocycles. The summed E-state index contributed by atoms with van der Waals surface area (Å²) in [4.78, 5) is 0. The largest absolute Gasteiger partial charge is 0.0620 e. The number of rotatable bonds is 0. The predicted molar refractivity (Wildman–Crippen MR) is 423 cm³/mol. The summed E-state index contributed by atoms with van der Waals surface area (Å²) < 4.78 is 0. The maximum absolute atomic E-state index is 2.27. The molecule has 0 nitrogen and oxygen atoms in total. The zero-order chi connectivity index (χ0) is 66.4. The monoisotopic (exact) mass is 1270 g/mol. The van der Waals surface area contributed by atoms with Gasteiger partial charge in [0.15, 0.2) is 0 Å². The topological polar surface area (TPSA) is 0 Å². The Morgan fingerprint density at radius 1 is 0.141 bits per heavy atom. The van der Waals surface area contributed by atoms with Crippen molar-refractivity contribution in [2.45, 2.75) is 57.8 Å². The first kappa shape index (κ1) is 63.4. The van der Waals surface area contributed by atoms with Gasteiger partial charge >= 0.3 is 0 Å². The van der Waals surface area contributed by atoms with E-state index in [1.807, 2.05) is 0 Å². The number of hydrogen-bond acceptors (Lipinski definition) is 0. The molecule has 0 spiro atoms. The van der Waals surface area contributed by atoms with E-state index in [0.29, 0.717) is 0 Å².